The Labute approximate surface area is 126 Å². The van der Waals surface area contributed by atoms with Gasteiger partial charge in [0.25, 0.3) is 10.0 Å². The highest BCUT2D eigenvalue weighted by molar-refractivity contribution is 9.10. The van der Waals surface area contributed by atoms with E-state index in [1.807, 2.05) is 6.92 Å². The zero-order chi connectivity index (χ0) is 14.6. The third-order valence-electron chi connectivity index (χ3n) is 2.39. The fourth-order valence-corrected chi connectivity index (χ4v) is 3.16. The first kappa shape index (κ1) is 14.8. The van der Waals surface area contributed by atoms with Crippen LogP contribution in [0.1, 0.15) is 6.92 Å². The highest BCUT2D eigenvalue weighted by Gasteiger charge is 2.14. The summed E-state index contributed by atoms with van der Waals surface area (Å²) in [5.74, 6) is 0.456. The van der Waals surface area contributed by atoms with Gasteiger partial charge in [-0.15, -0.1) is 0 Å². The first-order valence-corrected chi connectivity index (χ1v) is 8.16. The van der Waals surface area contributed by atoms with Gasteiger partial charge in [0.1, 0.15) is 0 Å². The molecule has 20 heavy (non-hydrogen) atoms. The summed E-state index contributed by atoms with van der Waals surface area (Å²) in [7, 11) is -3.62. The van der Waals surface area contributed by atoms with Crippen LogP contribution in [0.25, 0.3) is 0 Å². The van der Waals surface area contributed by atoms with Crippen LogP contribution in [0.4, 0.5) is 5.69 Å². The number of rotatable bonds is 5. The van der Waals surface area contributed by atoms with Gasteiger partial charge in [0, 0.05) is 10.5 Å². The predicted octanol–water partition coefficient (Wildman–Crippen LogP) is 3.04. The second-order valence-electron chi connectivity index (χ2n) is 3.88. The lowest BCUT2D eigenvalue weighted by Gasteiger charge is -2.08. The number of nitrogens with one attached hydrogen (secondary N) is 1. The Balaban J connectivity index is 2.20. The number of hydrogen-bond acceptors (Lipinski definition) is 4. The average molecular weight is 357 g/mol. The van der Waals surface area contributed by atoms with E-state index in [0.29, 0.717) is 22.6 Å². The molecule has 0 amide bonds. The molecule has 5 nitrogen and oxygen atoms in total. The summed E-state index contributed by atoms with van der Waals surface area (Å²) >= 11 is 3.25. The lowest BCUT2D eigenvalue weighted by atomic mass is 10.4. The molecular formula is C13H13BrN2O3S. The van der Waals surface area contributed by atoms with E-state index in [1.165, 1.54) is 18.3 Å². The number of benzene rings is 1. The van der Waals surface area contributed by atoms with Gasteiger partial charge in [-0.2, -0.15) is 0 Å². The van der Waals surface area contributed by atoms with E-state index in [0.717, 1.165) is 0 Å². The van der Waals surface area contributed by atoms with Crippen LogP contribution < -0.4 is 9.46 Å². The van der Waals surface area contributed by atoms with E-state index < -0.39 is 10.0 Å². The molecule has 2 rings (SSSR count). The van der Waals surface area contributed by atoms with E-state index in [-0.39, 0.29) is 4.90 Å². The van der Waals surface area contributed by atoms with Gasteiger partial charge in [-0.25, -0.2) is 13.4 Å². The molecule has 106 valence electrons. The molecule has 0 saturated carbocycles. The minimum Gasteiger partial charge on any atom is -0.478 e. The van der Waals surface area contributed by atoms with Crippen molar-refractivity contribution in [2.45, 2.75) is 11.8 Å². The molecule has 1 aromatic carbocycles. The zero-order valence-corrected chi connectivity index (χ0v) is 13.1. The molecular weight excluding hydrogens is 344 g/mol. The van der Waals surface area contributed by atoms with Crippen molar-refractivity contribution in [3.63, 3.8) is 0 Å². The minimum atomic E-state index is -3.62. The Kier molecular flexibility index (Phi) is 4.61. The second kappa shape index (κ2) is 6.23. The van der Waals surface area contributed by atoms with Crippen molar-refractivity contribution in [2.75, 3.05) is 11.3 Å². The monoisotopic (exact) mass is 356 g/mol. The Hall–Kier alpha value is -1.60. The first-order valence-electron chi connectivity index (χ1n) is 5.88. The Morgan fingerprint density at radius 2 is 2.10 bits per heavy atom. The van der Waals surface area contributed by atoms with Crippen molar-refractivity contribution in [1.29, 1.82) is 0 Å². The Morgan fingerprint density at radius 3 is 2.70 bits per heavy atom. The van der Waals surface area contributed by atoms with Gasteiger partial charge in [-0.05, 0) is 31.2 Å². The summed E-state index contributed by atoms with van der Waals surface area (Å²) in [6.45, 7) is 2.36. The topological polar surface area (TPSA) is 68.3 Å². The van der Waals surface area contributed by atoms with E-state index in [2.05, 4.69) is 25.6 Å². The summed E-state index contributed by atoms with van der Waals surface area (Å²) in [5.41, 5.74) is 0.383. The highest BCUT2D eigenvalue weighted by atomic mass is 79.9. The quantitative estimate of drug-likeness (QED) is 0.893. The molecule has 0 aliphatic rings. The first-order chi connectivity index (χ1) is 9.51. The fraction of sp³-hybridized carbons (Fsp3) is 0.154. The van der Waals surface area contributed by atoms with E-state index in [1.54, 1.807) is 24.3 Å². The maximum atomic E-state index is 12.2. The van der Waals surface area contributed by atoms with Crippen LogP contribution >= 0.6 is 15.9 Å². The molecule has 0 unspecified atom stereocenters. The molecule has 0 atom stereocenters. The van der Waals surface area contributed by atoms with Crippen LogP contribution in [0, 0.1) is 0 Å². The number of aromatic nitrogens is 1. The number of sulfonamides is 1. The maximum absolute atomic E-state index is 12.2. The Morgan fingerprint density at radius 1 is 1.30 bits per heavy atom. The summed E-state index contributed by atoms with van der Waals surface area (Å²) < 4.78 is 32.7. The molecule has 0 bridgehead atoms. The molecule has 2 aromatic rings. The van der Waals surface area contributed by atoms with Gasteiger partial charge in [0.15, 0.2) is 0 Å². The molecule has 0 aliphatic heterocycles. The lowest BCUT2D eigenvalue weighted by molar-refractivity contribution is 0.327. The van der Waals surface area contributed by atoms with Crippen molar-refractivity contribution in [3.05, 3.63) is 47.1 Å². The largest absolute Gasteiger partial charge is 0.478 e. The van der Waals surface area contributed by atoms with Crippen molar-refractivity contribution in [1.82, 2.24) is 4.98 Å². The number of pyridine rings is 1. The minimum absolute atomic E-state index is 0.181. The molecule has 0 saturated heterocycles. The van der Waals surface area contributed by atoms with Crippen molar-refractivity contribution >= 4 is 31.6 Å². The number of anilines is 1. The van der Waals surface area contributed by atoms with Crippen LogP contribution in [-0.2, 0) is 10.0 Å². The summed E-state index contributed by atoms with van der Waals surface area (Å²) in [6.07, 6.45) is 1.42. The highest BCUT2D eigenvalue weighted by Crippen LogP contribution is 2.20. The molecule has 0 spiro atoms. The van der Waals surface area contributed by atoms with Crippen LogP contribution in [0.15, 0.2) is 52.0 Å². The molecule has 0 radical (unpaired) electrons. The third-order valence-corrected chi connectivity index (χ3v) is 4.26. The van der Waals surface area contributed by atoms with Crippen LogP contribution in [0.5, 0.6) is 5.88 Å². The number of halogens is 1. The number of nitrogens with zero attached hydrogens (tertiary/aromatic N) is 1. The van der Waals surface area contributed by atoms with Gasteiger partial charge in [0.05, 0.1) is 23.4 Å². The number of hydrogen-bond donors (Lipinski definition) is 1. The van der Waals surface area contributed by atoms with Crippen molar-refractivity contribution in [3.8, 4) is 5.88 Å². The summed E-state index contributed by atoms with van der Waals surface area (Å²) in [4.78, 5) is 4.19. The maximum Gasteiger partial charge on any atom is 0.261 e. The molecule has 7 heteroatoms. The molecule has 1 heterocycles. The summed E-state index contributed by atoms with van der Waals surface area (Å²) in [5, 5.41) is 0. The van der Waals surface area contributed by atoms with Crippen LogP contribution in [0.3, 0.4) is 0 Å². The van der Waals surface area contributed by atoms with Crippen molar-refractivity contribution < 1.29 is 13.2 Å². The third kappa shape index (κ3) is 3.71. The normalized spacial score (nSPS) is 11.1. The van der Waals surface area contributed by atoms with Gasteiger partial charge < -0.3 is 4.74 Å². The van der Waals surface area contributed by atoms with Gasteiger partial charge >= 0.3 is 0 Å². The Bertz CT molecular complexity index is 687. The van der Waals surface area contributed by atoms with Crippen molar-refractivity contribution in [2.24, 2.45) is 0 Å². The van der Waals surface area contributed by atoms with Crippen LogP contribution in [-0.4, -0.2) is 20.0 Å². The molecule has 0 aliphatic carbocycles. The smallest absolute Gasteiger partial charge is 0.261 e. The molecule has 1 N–H and O–H groups in total. The van der Waals surface area contributed by atoms with Crippen LogP contribution in [0.2, 0.25) is 0 Å². The molecule has 1 aromatic heterocycles. The number of ether oxygens (including phenoxy) is 1. The molecule has 0 fully saturated rings. The average Bonchev–Trinajstić information content (AvgIpc) is 2.41. The van der Waals surface area contributed by atoms with Gasteiger partial charge in [-0.3, -0.25) is 4.72 Å². The van der Waals surface area contributed by atoms with E-state index in [4.69, 9.17) is 4.74 Å². The zero-order valence-electron chi connectivity index (χ0n) is 10.7. The van der Waals surface area contributed by atoms with Gasteiger partial charge in [0.2, 0.25) is 5.88 Å². The SMILES string of the molecule is CCOc1ccc(NS(=O)(=O)c2cccc(Br)c2)cn1. The van der Waals surface area contributed by atoms with Gasteiger partial charge in [-0.1, -0.05) is 22.0 Å². The standard InChI is InChI=1S/C13H13BrN2O3S/c1-2-19-13-7-6-11(9-15-13)16-20(17,18)12-5-3-4-10(14)8-12/h3-9,16H,2H2,1H3. The predicted molar refractivity (Wildman–Crippen MR) is 80.4 cm³/mol. The lowest BCUT2D eigenvalue weighted by Crippen LogP contribution is -2.13. The fourth-order valence-electron chi connectivity index (χ4n) is 1.52. The van der Waals surface area contributed by atoms with E-state index >= 15 is 0 Å². The summed E-state index contributed by atoms with van der Waals surface area (Å²) in [6, 6.07) is 9.70. The van der Waals surface area contributed by atoms with E-state index in [9.17, 15) is 8.42 Å². The second-order valence-corrected chi connectivity index (χ2v) is 6.48.